The normalized spacial score (nSPS) is 31.0. The highest BCUT2D eigenvalue weighted by molar-refractivity contribution is 9.11. The molecular formula is C12H20BrNO3S. The Kier molecular flexibility index (Phi) is 4.86. The van der Waals surface area contributed by atoms with Gasteiger partial charge in [0.2, 0.25) is 0 Å². The van der Waals surface area contributed by atoms with Crippen LogP contribution in [-0.2, 0) is 14.6 Å². The molecule has 2 saturated heterocycles. The first-order chi connectivity index (χ1) is 8.46. The van der Waals surface area contributed by atoms with Crippen LogP contribution in [0.5, 0.6) is 0 Å². The van der Waals surface area contributed by atoms with E-state index in [-0.39, 0.29) is 17.9 Å². The molecule has 0 saturated carbocycles. The molecule has 2 rings (SSSR count). The highest BCUT2D eigenvalue weighted by atomic mass is 79.9. The molecule has 0 aromatic heterocycles. The Hall–Kier alpha value is 0.0900. The van der Waals surface area contributed by atoms with Crippen LogP contribution in [0.1, 0.15) is 19.3 Å². The van der Waals surface area contributed by atoms with E-state index in [9.17, 15) is 8.42 Å². The summed E-state index contributed by atoms with van der Waals surface area (Å²) < 4.78 is 29.7. The fourth-order valence-electron chi connectivity index (χ4n) is 2.68. The first-order valence-electron chi connectivity index (χ1n) is 6.35. The van der Waals surface area contributed by atoms with Gasteiger partial charge >= 0.3 is 0 Å². The van der Waals surface area contributed by atoms with Gasteiger partial charge < -0.3 is 4.74 Å². The third kappa shape index (κ3) is 4.05. The predicted molar refractivity (Wildman–Crippen MR) is 75.7 cm³/mol. The Morgan fingerprint density at radius 3 is 2.72 bits per heavy atom. The lowest BCUT2D eigenvalue weighted by atomic mass is 10.1. The van der Waals surface area contributed by atoms with Crippen LogP contribution < -0.4 is 0 Å². The smallest absolute Gasteiger partial charge is 0.151 e. The first kappa shape index (κ1) is 14.5. The van der Waals surface area contributed by atoms with Gasteiger partial charge in [0, 0.05) is 30.2 Å². The molecule has 18 heavy (non-hydrogen) atoms. The van der Waals surface area contributed by atoms with Crippen LogP contribution in [0.4, 0.5) is 0 Å². The van der Waals surface area contributed by atoms with E-state index < -0.39 is 9.84 Å². The molecule has 0 spiro atoms. The molecule has 4 nitrogen and oxygen atoms in total. The van der Waals surface area contributed by atoms with Gasteiger partial charge in [-0.15, -0.1) is 0 Å². The summed E-state index contributed by atoms with van der Waals surface area (Å²) >= 11 is 3.37. The fourth-order valence-corrected chi connectivity index (χ4v) is 4.76. The van der Waals surface area contributed by atoms with Crippen LogP contribution >= 0.6 is 15.9 Å². The van der Waals surface area contributed by atoms with Gasteiger partial charge in [-0.3, -0.25) is 4.90 Å². The molecule has 6 heteroatoms. The van der Waals surface area contributed by atoms with Crippen molar-refractivity contribution in [2.75, 3.05) is 31.2 Å². The Bertz CT molecular complexity index is 404. The molecule has 2 heterocycles. The minimum atomic E-state index is -2.84. The molecule has 2 atom stereocenters. The zero-order valence-electron chi connectivity index (χ0n) is 10.5. The van der Waals surface area contributed by atoms with Crippen molar-refractivity contribution in [2.24, 2.45) is 0 Å². The van der Waals surface area contributed by atoms with E-state index in [0.717, 1.165) is 36.9 Å². The number of ether oxygens (including phenoxy) is 1. The van der Waals surface area contributed by atoms with Crippen LogP contribution in [0.2, 0.25) is 0 Å². The predicted octanol–water partition coefficient (Wildman–Crippen LogP) is 1.56. The lowest BCUT2D eigenvalue weighted by molar-refractivity contribution is 0.0654. The quantitative estimate of drug-likeness (QED) is 0.763. The van der Waals surface area contributed by atoms with Gasteiger partial charge in [-0.25, -0.2) is 8.42 Å². The van der Waals surface area contributed by atoms with Crippen molar-refractivity contribution in [1.82, 2.24) is 4.90 Å². The Balaban J connectivity index is 1.98. The number of rotatable bonds is 5. The van der Waals surface area contributed by atoms with Crippen LogP contribution in [0, 0.1) is 0 Å². The highest BCUT2D eigenvalue weighted by Gasteiger charge is 2.33. The number of nitrogens with zero attached hydrogens (tertiary/aromatic N) is 1. The van der Waals surface area contributed by atoms with Crippen molar-refractivity contribution in [3.8, 4) is 0 Å². The van der Waals surface area contributed by atoms with E-state index >= 15 is 0 Å². The zero-order valence-corrected chi connectivity index (χ0v) is 12.9. The number of sulfone groups is 1. The van der Waals surface area contributed by atoms with Crippen LogP contribution in [-0.4, -0.2) is 56.7 Å². The number of hydrogen-bond donors (Lipinski definition) is 0. The zero-order chi connectivity index (χ0) is 13.2. The van der Waals surface area contributed by atoms with Gasteiger partial charge in [0.25, 0.3) is 0 Å². The number of hydrogen-bond acceptors (Lipinski definition) is 4. The Morgan fingerprint density at radius 1 is 1.44 bits per heavy atom. The van der Waals surface area contributed by atoms with E-state index in [4.69, 9.17) is 4.74 Å². The Labute approximate surface area is 117 Å². The average Bonchev–Trinajstić information content (AvgIpc) is 2.86. The third-order valence-corrected chi connectivity index (χ3v) is 5.56. The van der Waals surface area contributed by atoms with Gasteiger partial charge in [-0.1, -0.05) is 22.5 Å². The maximum atomic E-state index is 11.6. The van der Waals surface area contributed by atoms with E-state index in [2.05, 4.69) is 27.4 Å². The van der Waals surface area contributed by atoms with Gasteiger partial charge in [0.1, 0.15) is 0 Å². The summed E-state index contributed by atoms with van der Waals surface area (Å²) in [6, 6.07) is 0.119. The minimum Gasteiger partial charge on any atom is -0.377 e. The summed E-state index contributed by atoms with van der Waals surface area (Å²) in [5, 5.41) is 0. The first-order valence-corrected chi connectivity index (χ1v) is 8.97. The Morgan fingerprint density at radius 2 is 2.22 bits per heavy atom. The van der Waals surface area contributed by atoms with Gasteiger partial charge in [-0.2, -0.15) is 0 Å². The molecule has 0 bridgehead atoms. The summed E-state index contributed by atoms with van der Waals surface area (Å²) in [6.45, 7) is 6.20. The van der Waals surface area contributed by atoms with E-state index in [1.165, 1.54) is 0 Å². The van der Waals surface area contributed by atoms with E-state index in [0.29, 0.717) is 12.3 Å². The van der Waals surface area contributed by atoms with Crippen molar-refractivity contribution in [1.29, 1.82) is 0 Å². The second-order valence-corrected chi connectivity index (χ2v) is 8.49. The molecule has 104 valence electrons. The topological polar surface area (TPSA) is 46.6 Å². The van der Waals surface area contributed by atoms with Gasteiger partial charge in [0.05, 0.1) is 17.6 Å². The summed E-state index contributed by atoms with van der Waals surface area (Å²) in [5.41, 5.74) is 0. The third-order valence-electron chi connectivity index (χ3n) is 3.56. The monoisotopic (exact) mass is 337 g/mol. The van der Waals surface area contributed by atoms with Gasteiger partial charge in [0.15, 0.2) is 9.84 Å². The molecule has 2 aliphatic heterocycles. The average molecular weight is 338 g/mol. The molecule has 2 aliphatic rings. The molecule has 0 N–H and O–H groups in total. The van der Waals surface area contributed by atoms with Crippen LogP contribution in [0.3, 0.4) is 0 Å². The standard InChI is InChI=1S/C12H20BrNO3S/c1-10(13)7-14(8-12-3-2-5-17-12)11-4-6-18(15,16)9-11/h11-12H,1-9H2. The molecule has 0 aromatic carbocycles. The van der Waals surface area contributed by atoms with Crippen LogP contribution in [0.15, 0.2) is 11.1 Å². The summed E-state index contributed by atoms with van der Waals surface area (Å²) in [4.78, 5) is 2.21. The molecule has 0 radical (unpaired) electrons. The fraction of sp³-hybridized carbons (Fsp3) is 0.833. The molecule has 0 aromatic rings. The maximum absolute atomic E-state index is 11.6. The van der Waals surface area contributed by atoms with Crippen molar-refractivity contribution in [3.05, 3.63) is 11.1 Å². The van der Waals surface area contributed by atoms with Crippen molar-refractivity contribution < 1.29 is 13.2 Å². The largest absolute Gasteiger partial charge is 0.377 e. The summed E-state index contributed by atoms with van der Waals surface area (Å²) in [7, 11) is -2.84. The van der Waals surface area contributed by atoms with E-state index in [1.54, 1.807) is 0 Å². The van der Waals surface area contributed by atoms with Crippen molar-refractivity contribution in [2.45, 2.75) is 31.4 Å². The van der Waals surface area contributed by atoms with Crippen molar-refractivity contribution in [3.63, 3.8) is 0 Å². The molecule has 2 fully saturated rings. The minimum absolute atomic E-state index is 0.119. The molecule has 0 aliphatic carbocycles. The van der Waals surface area contributed by atoms with Crippen LogP contribution in [0.25, 0.3) is 0 Å². The SMILES string of the molecule is C=C(Br)CN(CC1CCCO1)C1CCS(=O)(=O)C1. The number of halogens is 1. The lowest BCUT2D eigenvalue weighted by Gasteiger charge is -2.29. The second kappa shape index (κ2) is 6.03. The van der Waals surface area contributed by atoms with Gasteiger partial charge in [-0.05, 0) is 19.3 Å². The highest BCUT2D eigenvalue weighted by Crippen LogP contribution is 2.22. The van der Waals surface area contributed by atoms with Crippen molar-refractivity contribution >= 4 is 25.8 Å². The summed E-state index contributed by atoms with van der Waals surface area (Å²) in [5.74, 6) is 0.592. The summed E-state index contributed by atoms with van der Waals surface area (Å²) in [6.07, 6.45) is 3.16. The lowest BCUT2D eigenvalue weighted by Crippen LogP contribution is -2.41. The maximum Gasteiger partial charge on any atom is 0.151 e. The molecular weight excluding hydrogens is 318 g/mol. The second-order valence-electron chi connectivity index (χ2n) is 5.14. The van der Waals surface area contributed by atoms with E-state index in [1.807, 2.05) is 0 Å². The molecule has 2 unspecified atom stereocenters. The molecule has 0 amide bonds.